The van der Waals surface area contributed by atoms with E-state index in [0.29, 0.717) is 19.3 Å². The minimum absolute atomic E-state index is 0.0433. The molecular formula is C10H18N2O3. The van der Waals surface area contributed by atoms with Crippen molar-refractivity contribution in [3.63, 3.8) is 0 Å². The average Bonchev–Trinajstić information content (AvgIpc) is 2.12. The highest BCUT2D eigenvalue weighted by Gasteiger charge is 2.40. The van der Waals surface area contributed by atoms with Crippen LogP contribution in [0.5, 0.6) is 0 Å². The van der Waals surface area contributed by atoms with Gasteiger partial charge in [0.2, 0.25) is 5.91 Å². The molecule has 0 radical (unpaired) electrons. The Morgan fingerprint density at radius 2 is 2.13 bits per heavy atom. The molecule has 1 fully saturated rings. The largest absolute Gasteiger partial charge is 0.481 e. The first kappa shape index (κ1) is 12.0. The number of hydrogen-bond acceptors (Lipinski definition) is 3. The van der Waals surface area contributed by atoms with Crippen LogP contribution in [0.15, 0.2) is 0 Å². The van der Waals surface area contributed by atoms with E-state index >= 15 is 0 Å². The number of amides is 1. The average molecular weight is 214 g/mol. The smallest absolute Gasteiger partial charge is 0.305 e. The third-order valence-electron chi connectivity index (χ3n) is 2.95. The van der Waals surface area contributed by atoms with E-state index in [9.17, 15) is 9.59 Å². The number of carboxylic acid groups (broad SMARTS) is 1. The van der Waals surface area contributed by atoms with Crippen LogP contribution < -0.4 is 11.1 Å². The summed E-state index contributed by atoms with van der Waals surface area (Å²) >= 11 is 0. The number of carbonyl (C=O) groups excluding carboxylic acids is 1. The van der Waals surface area contributed by atoms with Crippen molar-refractivity contribution in [1.82, 2.24) is 5.32 Å². The van der Waals surface area contributed by atoms with Crippen LogP contribution in [0.2, 0.25) is 0 Å². The van der Waals surface area contributed by atoms with Crippen LogP contribution in [-0.4, -0.2) is 28.6 Å². The lowest BCUT2D eigenvalue weighted by atomic mass is 9.77. The Hall–Kier alpha value is -1.10. The van der Waals surface area contributed by atoms with Crippen molar-refractivity contribution in [2.45, 2.75) is 50.6 Å². The molecule has 1 amide bonds. The zero-order chi connectivity index (χ0) is 11.5. The van der Waals surface area contributed by atoms with Crippen molar-refractivity contribution >= 4 is 11.9 Å². The van der Waals surface area contributed by atoms with Crippen LogP contribution >= 0.6 is 0 Å². The molecule has 5 heteroatoms. The van der Waals surface area contributed by atoms with Gasteiger partial charge in [-0.2, -0.15) is 0 Å². The molecule has 5 nitrogen and oxygen atoms in total. The van der Waals surface area contributed by atoms with Crippen LogP contribution in [0, 0.1) is 0 Å². The summed E-state index contributed by atoms with van der Waals surface area (Å²) in [5.41, 5.74) is 5.08. The molecule has 1 atom stereocenters. The molecule has 1 unspecified atom stereocenters. The summed E-state index contributed by atoms with van der Waals surface area (Å²) in [5, 5.41) is 11.3. The standard InChI is InChI=1S/C10H18N2O3/c1-2-7(6-8(13)14)12-9(15)10(11)4-3-5-10/h7H,2-6,11H2,1H3,(H,12,15)(H,13,14). The van der Waals surface area contributed by atoms with E-state index in [-0.39, 0.29) is 18.4 Å². The maximum atomic E-state index is 11.7. The van der Waals surface area contributed by atoms with Gasteiger partial charge < -0.3 is 16.2 Å². The van der Waals surface area contributed by atoms with Crippen LogP contribution in [0.25, 0.3) is 0 Å². The summed E-state index contributed by atoms with van der Waals surface area (Å²) in [6.07, 6.45) is 2.93. The van der Waals surface area contributed by atoms with Gasteiger partial charge in [0.25, 0.3) is 0 Å². The molecule has 0 aromatic heterocycles. The third-order valence-corrected chi connectivity index (χ3v) is 2.95. The van der Waals surface area contributed by atoms with Gasteiger partial charge in [-0.1, -0.05) is 6.92 Å². The fourth-order valence-corrected chi connectivity index (χ4v) is 1.62. The maximum Gasteiger partial charge on any atom is 0.305 e. The van der Waals surface area contributed by atoms with Gasteiger partial charge in [-0.05, 0) is 25.7 Å². The molecule has 0 bridgehead atoms. The summed E-state index contributed by atoms with van der Waals surface area (Å²) in [5.74, 6) is -1.11. The van der Waals surface area contributed by atoms with Crippen LogP contribution in [0.4, 0.5) is 0 Å². The summed E-state index contributed by atoms with van der Waals surface area (Å²) in [7, 11) is 0. The number of carbonyl (C=O) groups is 2. The monoisotopic (exact) mass is 214 g/mol. The zero-order valence-corrected chi connectivity index (χ0v) is 8.95. The predicted molar refractivity (Wildman–Crippen MR) is 55.2 cm³/mol. The first-order valence-electron chi connectivity index (χ1n) is 5.29. The summed E-state index contributed by atoms with van der Waals surface area (Å²) in [4.78, 5) is 22.2. The second-order valence-corrected chi connectivity index (χ2v) is 4.19. The molecule has 0 aliphatic heterocycles. The maximum absolute atomic E-state index is 11.7. The second kappa shape index (κ2) is 4.61. The summed E-state index contributed by atoms with van der Waals surface area (Å²) < 4.78 is 0. The molecule has 0 spiro atoms. The molecule has 15 heavy (non-hydrogen) atoms. The number of nitrogens with two attached hydrogens (primary N) is 1. The Morgan fingerprint density at radius 3 is 2.47 bits per heavy atom. The fourth-order valence-electron chi connectivity index (χ4n) is 1.62. The quantitative estimate of drug-likeness (QED) is 0.611. The second-order valence-electron chi connectivity index (χ2n) is 4.19. The van der Waals surface area contributed by atoms with E-state index in [2.05, 4.69) is 5.32 Å². The van der Waals surface area contributed by atoms with Gasteiger partial charge in [-0.25, -0.2) is 0 Å². The number of hydrogen-bond donors (Lipinski definition) is 3. The lowest BCUT2D eigenvalue weighted by Crippen LogP contribution is -2.60. The van der Waals surface area contributed by atoms with Crippen molar-refractivity contribution in [3.05, 3.63) is 0 Å². The van der Waals surface area contributed by atoms with Gasteiger partial charge in [0.05, 0.1) is 12.0 Å². The number of aliphatic carboxylic acids is 1. The molecule has 1 aliphatic rings. The highest BCUT2D eigenvalue weighted by Crippen LogP contribution is 2.29. The topological polar surface area (TPSA) is 92.4 Å². The normalized spacial score (nSPS) is 20.1. The van der Waals surface area contributed by atoms with Crippen LogP contribution in [-0.2, 0) is 9.59 Å². The van der Waals surface area contributed by atoms with Gasteiger partial charge >= 0.3 is 5.97 Å². The minimum atomic E-state index is -0.901. The fraction of sp³-hybridized carbons (Fsp3) is 0.800. The Labute approximate surface area is 89.0 Å². The van der Waals surface area contributed by atoms with E-state index in [0.717, 1.165) is 6.42 Å². The Bertz CT molecular complexity index is 261. The van der Waals surface area contributed by atoms with Crippen molar-refractivity contribution in [2.24, 2.45) is 5.73 Å². The third kappa shape index (κ3) is 2.92. The van der Waals surface area contributed by atoms with E-state index in [1.807, 2.05) is 6.92 Å². The van der Waals surface area contributed by atoms with Crippen LogP contribution in [0.1, 0.15) is 39.0 Å². The molecule has 0 aromatic rings. The molecule has 1 rings (SSSR count). The Kier molecular flexibility index (Phi) is 3.68. The highest BCUT2D eigenvalue weighted by molar-refractivity contribution is 5.87. The minimum Gasteiger partial charge on any atom is -0.481 e. The molecule has 86 valence electrons. The van der Waals surface area contributed by atoms with E-state index in [4.69, 9.17) is 10.8 Å². The first-order valence-corrected chi connectivity index (χ1v) is 5.29. The number of rotatable bonds is 5. The Morgan fingerprint density at radius 1 is 1.53 bits per heavy atom. The molecular weight excluding hydrogens is 196 g/mol. The lowest BCUT2D eigenvalue weighted by molar-refractivity contribution is -0.138. The van der Waals surface area contributed by atoms with Gasteiger partial charge in [-0.3, -0.25) is 9.59 Å². The predicted octanol–water partition coefficient (Wildman–Crippen LogP) is 0.237. The Balaban J connectivity index is 2.44. The molecule has 0 aromatic carbocycles. The lowest BCUT2D eigenvalue weighted by Gasteiger charge is -2.37. The van der Waals surface area contributed by atoms with E-state index in [1.165, 1.54) is 0 Å². The summed E-state index contributed by atoms with van der Waals surface area (Å²) in [6, 6.07) is -0.309. The zero-order valence-electron chi connectivity index (χ0n) is 8.95. The first-order chi connectivity index (χ1) is 6.98. The van der Waals surface area contributed by atoms with Crippen LogP contribution in [0.3, 0.4) is 0 Å². The van der Waals surface area contributed by atoms with Gasteiger partial charge in [0, 0.05) is 6.04 Å². The van der Waals surface area contributed by atoms with E-state index < -0.39 is 11.5 Å². The molecule has 0 heterocycles. The number of nitrogens with one attached hydrogen (secondary N) is 1. The molecule has 1 saturated carbocycles. The van der Waals surface area contributed by atoms with Gasteiger partial charge in [0.1, 0.15) is 0 Å². The van der Waals surface area contributed by atoms with Crippen molar-refractivity contribution in [3.8, 4) is 0 Å². The van der Waals surface area contributed by atoms with Crippen molar-refractivity contribution in [1.29, 1.82) is 0 Å². The summed E-state index contributed by atoms with van der Waals surface area (Å²) in [6.45, 7) is 1.85. The SMILES string of the molecule is CCC(CC(=O)O)NC(=O)C1(N)CCC1. The van der Waals surface area contributed by atoms with Gasteiger partial charge in [0.15, 0.2) is 0 Å². The molecule has 0 saturated heterocycles. The molecule has 4 N–H and O–H groups in total. The van der Waals surface area contributed by atoms with Crippen molar-refractivity contribution < 1.29 is 14.7 Å². The van der Waals surface area contributed by atoms with E-state index in [1.54, 1.807) is 0 Å². The molecule has 1 aliphatic carbocycles. The highest BCUT2D eigenvalue weighted by atomic mass is 16.4. The van der Waals surface area contributed by atoms with Gasteiger partial charge in [-0.15, -0.1) is 0 Å². The van der Waals surface area contributed by atoms with Crippen molar-refractivity contribution in [2.75, 3.05) is 0 Å². The number of carboxylic acids is 1.